The van der Waals surface area contributed by atoms with Crippen LogP contribution >= 0.6 is 0 Å². The topological polar surface area (TPSA) is 22.1 Å². The molecule has 0 radical (unpaired) electrons. The standard InChI is InChI=1S/C25H31FN4/c26-21-12-14-22(15-13-21)30-23(20-10-4-1-5-11-20)27-24(28-16-6-2-7-17-28)25(30)29-18-8-3-9-19-29/h1,4-5,10-15,24-25H,2-3,6-9,16-19H2/t24-,25+/m0/s1. The molecule has 0 unspecified atom stereocenters. The number of benzene rings is 2. The van der Waals surface area contributed by atoms with Crippen molar-refractivity contribution in [1.82, 2.24) is 9.80 Å². The normalized spacial score (nSPS) is 26.0. The van der Waals surface area contributed by atoms with Gasteiger partial charge in [-0.15, -0.1) is 0 Å². The maximum absolute atomic E-state index is 13.7. The summed E-state index contributed by atoms with van der Waals surface area (Å²) < 4.78 is 13.7. The molecule has 158 valence electrons. The minimum Gasteiger partial charge on any atom is -0.306 e. The molecule has 2 saturated heterocycles. The van der Waals surface area contributed by atoms with Gasteiger partial charge in [-0.05, 0) is 49.9 Å². The van der Waals surface area contributed by atoms with Gasteiger partial charge >= 0.3 is 0 Å². The lowest BCUT2D eigenvalue weighted by molar-refractivity contribution is 0.0696. The van der Waals surface area contributed by atoms with E-state index in [9.17, 15) is 4.39 Å². The quantitative estimate of drug-likeness (QED) is 0.734. The van der Waals surface area contributed by atoms with Gasteiger partial charge in [-0.1, -0.05) is 43.2 Å². The summed E-state index contributed by atoms with van der Waals surface area (Å²) >= 11 is 0. The van der Waals surface area contributed by atoms with Crippen molar-refractivity contribution in [1.29, 1.82) is 0 Å². The molecule has 0 aromatic heterocycles. The fourth-order valence-electron chi connectivity index (χ4n) is 5.18. The third-order valence-corrected chi connectivity index (χ3v) is 6.68. The number of hydrogen-bond donors (Lipinski definition) is 0. The molecule has 3 heterocycles. The SMILES string of the molecule is Fc1ccc(N2C(c3ccccc3)=N[C@@H](N3CCCCC3)[C@@H]2N2CCCCC2)cc1. The molecule has 4 nitrogen and oxygen atoms in total. The highest BCUT2D eigenvalue weighted by molar-refractivity contribution is 6.11. The highest BCUT2D eigenvalue weighted by atomic mass is 19.1. The Morgan fingerprint density at radius 1 is 0.700 bits per heavy atom. The maximum atomic E-state index is 13.7. The van der Waals surface area contributed by atoms with Crippen LogP contribution in [0.5, 0.6) is 0 Å². The van der Waals surface area contributed by atoms with E-state index in [0.717, 1.165) is 43.3 Å². The lowest BCUT2D eigenvalue weighted by Crippen LogP contribution is -2.58. The highest BCUT2D eigenvalue weighted by Gasteiger charge is 2.44. The van der Waals surface area contributed by atoms with Gasteiger partial charge in [-0.2, -0.15) is 0 Å². The Bertz CT molecular complexity index is 854. The first-order valence-corrected chi connectivity index (χ1v) is 11.5. The zero-order valence-electron chi connectivity index (χ0n) is 17.6. The zero-order chi connectivity index (χ0) is 20.3. The highest BCUT2D eigenvalue weighted by Crippen LogP contribution is 2.34. The molecule has 3 aliphatic heterocycles. The number of hydrogen-bond acceptors (Lipinski definition) is 4. The molecule has 0 saturated carbocycles. The number of anilines is 1. The largest absolute Gasteiger partial charge is 0.306 e. The monoisotopic (exact) mass is 406 g/mol. The number of nitrogens with zero attached hydrogens (tertiary/aromatic N) is 4. The van der Waals surface area contributed by atoms with Crippen LogP contribution in [0.15, 0.2) is 59.6 Å². The Kier molecular flexibility index (Phi) is 5.82. The van der Waals surface area contributed by atoms with Crippen LogP contribution in [-0.2, 0) is 0 Å². The first kappa shape index (κ1) is 19.7. The molecule has 30 heavy (non-hydrogen) atoms. The third kappa shape index (κ3) is 3.88. The fourth-order valence-corrected chi connectivity index (χ4v) is 5.18. The van der Waals surface area contributed by atoms with Crippen LogP contribution in [-0.4, -0.2) is 54.1 Å². The van der Waals surface area contributed by atoms with Crippen LogP contribution in [0.4, 0.5) is 10.1 Å². The summed E-state index contributed by atoms with van der Waals surface area (Å²) in [6.07, 6.45) is 7.86. The molecule has 2 aromatic rings. The number of halogens is 1. The molecule has 0 spiro atoms. The van der Waals surface area contributed by atoms with Crippen LogP contribution < -0.4 is 4.90 Å². The van der Waals surface area contributed by atoms with Gasteiger partial charge < -0.3 is 4.90 Å². The second-order valence-corrected chi connectivity index (χ2v) is 8.69. The Labute approximate surface area is 179 Å². The van der Waals surface area contributed by atoms with Gasteiger partial charge in [0.1, 0.15) is 24.0 Å². The first-order valence-electron chi connectivity index (χ1n) is 11.5. The number of likely N-dealkylation sites (tertiary alicyclic amines) is 2. The molecule has 2 aromatic carbocycles. The van der Waals surface area contributed by atoms with Crippen LogP contribution in [0, 0.1) is 5.82 Å². The van der Waals surface area contributed by atoms with E-state index in [1.54, 1.807) is 12.1 Å². The Balaban J connectivity index is 1.59. The van der Waals surface area contributed by atoms with Crippen molar-refractivity contribution in [3.05, 3.63) is 66.0 Å². The zero-order valence-corrected chi connectivity index (χ0v) is 17.6. The average molecular weight is 407 g/mol. The minimum absolute atomic E-state index is 0.114. The van der Waals surface area contributed by atoms with Gasteiger partial charge in [0.2, 0.25) is 0 Å². The summed E-state index contributed by atoms with van der Waals surface area (Å²) in [5.41, 5.74) is 2.15. The molecular formula is C25H31FN4. The van der Waals surface area contributed by atoms with Crippen molar-refractivity contribution in [2.24, 2.45) is 4.99 Å². The molecular weight excluding hydrogens is 375 g/mol. The average Bonchev–Trinajstić information content (AvgIpc) is 3.22. The van der Waals surface area contributed by atoms with E-state index >= 15 is 0 Å². The van der Waals surface area contributed by atoms with Gasteiger partial charge in [0.15, 0.2) is 0 Å². The molecule has 0 bridgehead atoms. The summed E-state index contributed by atoms with van der Waals surface area (Å²) in [6.45, 7) is 4.42. The Morgan fingerprint density at radius 2 is 1.30 bits per heavy atom. The minimum atomic E-state index is -0.196. The van der Waals surface area contributed by atoms with Gasteiger partial charge in [0.25, 0.3) is 0 Å². The molecule has 5 rings (SSSR count). The summed E-state index contributed by atoms with van der Waals surface area (Å²) in [7, 11) is 0. The van der Waals surface area contributed by atoms with E-state index < -0.39 is 0 Å². The van der Waals surface area contributed by atoms with Crippen LogP contribution in [0.2, 0.25) is 0 Å². The molecule has 5 heteroatoms. The van der Waals surface area contributed by atoms with Gasteiger partial charge in [0, 0.05) is 37.4 Å². The first-order chi connectivity index (χ1) is 14.8. The van der Waals surface area contributed by atoms with Gasteiger partial charge in [-0.25, -0.2) is 9.38 Å². The van der Waals surface area contributed by atoms with E-state index in [4.69, 9.17) is 4.99 Å². The number of aliphatic imine (C=N–C) groups is 1. The van der Waals surface area contributed by atoms with E-state index in [-0.39, 0.29) is 18.1 Å². The Hall–Kier alpha value is -2.24. The number of amidine groups is 1. The van der Waals surface area contributed by atoms with Crippen molar-refractivity contribution in [2.75, 3.05) is 31.1 Å². The molecule has 0 amide bonds. The second kappa shape index (κ2) is 8.86. The summed E-state index contributed by atoms with van der Waals surface area (Å²) in [5.74, 6) is 0.812. The lowest BCUT2D eigenvalue weighted by Gasteiger charge is -2.44. The van der Waals surface area contributed by atoms with Crippen molar-refractivity contribution in [3.8, 4) is 0 Å². The van der Waals surface area contributed by atoms with E-state index in [1.165, 1.54) is 38.5 Å². The van der Waals surface area contributed by atoms with E-state index in [2.05, 4.69) is 39.0 Å². The van der Waals surface area contributed by atoms with Crippen molar-refractivity contribution in [3.63, 3.8) is 0 Å². The van der Waals surface area contributed by atoms with E-state index in [0.29, 0.717) is 0 Å². The molecule has 0 aliphatic carbocycles. The second-order valence-electron chi connectivity index (χ2n) is 8.69. The predicted octanol–water partition coefficient (Wildman–Crippen LogP) is 4.72. The fraction of sp³-hybridized carbons (Fsp3) is 0.480. The van der Waals surface area contributed by atoms with Crippen LogP contribution in [0.3, 0.4) is 0 Å². The Morgan fingerprint density at radius 3 is 1.93 bits per heavy atom. The molecule has 0 N–H and O–H groups in total. The smallest absolute Gasteiger partial charge is 0.139 e. The summed E-state index contributed by atoms with van der Waals surface area (Å²) in [5, 5.41) is 0. The number of rotatable bonds is 4. The van der Waals surface area contributed by atoms with Crippen molar-refractivity contribution >= 4 is 11.5 Å². The lowest BCUT2D eigenvalue weighted by atomic mass is 10.1. The van der Waals surface area contributed by atoms with Crippen molar-refractivity contribution < 1.29 is 4.39 Å². The van der Waals surface area contributed by atoms with Gasteiger partial charge in [0.05, 0.1) is 0 Å². The van der Waals surface area contributed by atoms with Crippen LogP contribution in [0.25, 0.3) is 0 Å². The maximum Gasteiger partial charge on any atom is 0.139 e. The van der Waals surface area contributed by atoms with Crippen LogP contribution in [0.1, 0.15) is 44.1 Å². The predicted molar refractivity (Wildman–Crippen MR) is 120 cm³/mol. The molecule has 2 atom stereocenters. The third-order valence-electron chi connectivity index (χ3n) is 6.68. The summed E-state index contributed by atoms with van der Waals surface area (Å²) in [6, 6.07) is 17.4. The molecule has 2 fully saturated rings. The summed E-state index contributed by atoms with van der Waals surface area (Å²) in [4.78, 5) is 12.9. The van der Waals surface area contributed by atoms with Crippen molar-refractivity contribution in [2.45, 2.75) is 50.9 Å². The van der Waals surface area contributed by atoms with E-state index in [1.807, 2.05) is 18.2 Å². The number of piperidine rings is 2. The molecule has 3 aliphatic rings. The van der Waals surface area contributed by atoms with Gasteiger partial charge in [-0.3, -0.25) is 9.80 Å².